The zero-order valence-electron chi connectivity index (χ0n) is 18.2. The van der Waals surface area contributed by atoms with E-state index in [2.05, 4.69) is 6.07 Å². The highest BCUT2D eigenvalue weighted by Crippen LogP contribution is 2.38. The van der Waals surface area contributed by atoms with Crippen LogP contribution in [0.15, 0.2) is 35.7 Å². The van der Waals surface area contributed by atoms with Gasteiger partial charge in [-0.1, -0.05) is 32.9 Å². The summed E-state index contributed by atoms with van der Waals surface area (Å²) in [5.74, 6) is -0.0764. The maximum Gasteiger partial charge on any atom is 0.243 e. The lowest BCUT2D eigenvalue weighted by Crippen LogP contribution is -2.49. The number of rotatable bonds is 7. The van der Waals surface area contributed by atoms with Crippen LogP contribution in [0.5, 0.6) is 0 Å². The number of halogens is 1. The molecule has 1 aliphatic heterocycles. The fourth-order valence-corrected chi connectivity index (χ4v) is 4.91. The lowest BCUT2D eigenvalue weighted by Gasteiger charge is -2.38. The van der Waals surface area contributed by atoms with Gasteiger partial charge in [0, 0.05) is 23.9 Å². The van der Waals surface area contributed by atoms with E-state index in [-0.39, 0.29) is 42.2 Å². The van der Waals surface area contributed by atoms with Gasteiger partial charge in [-0.25, -0.2) is 4.39 Å². The molecule has 1 aliphatic rings. The topological polar surface area (TPSA) is 40.6 Å². The number of fused-ring (bicyclic) bond motifs is 1. The fraction of sp³-hybridized carbons (Fsp3) is 0.500. The van der Waals surface area contributed by atoms with Gasteiger partial charge in [-0.05, 0) is 60.4 Å². The molecule has 0 spiro atoms. The standard InChI is InChI=1S/C24H31FN2O2S/c1-5-17(4)27(22(28)14-16(2)3)15-23(29)26-12-10-21-20(11-13-30-21)24(26)18-6-8-19(25)9-7-18/h6-9,11,13,16-17,24H,5,10,12,14-15H2,1-4H3. The van der Waals surface area contributed by atoms with Crippen LogP contribution < -0.4 is 0 Å². The van der Waals surface area contributed by atoms with Crippen molar-refractivity contribution in [3.05, 3.63) is 57.5 Å². The van der Waals surface area contributed by atoms with Crippen LogP contribution in [0.4, 0.5) is 4.39 Å². The quantitative estimate of drug-likeness (QED) is 0.618. The molecule has 0 fully saturated rings. The van der Waals surface area contributed by atoms with Gasteiger partial charge in [0.25, 0.3) is 0 Å². The van der Waals surface area contributed by atoms with Gasteiger partial charge in [0.15, 0.2) is 0 Å². The summed E-state index contributed by atoms with van der Waals surface area (Å²) in [6, 6.07) is 8.21. The Morgan fingerprint density at radius 1 is 1.20 bits per heavy atom. The average molecular weight is 431 g/mol. The van der Waals surface area contributed by atoms with Gasteiger partial charge in [0.05, 0.1) is 6.04 Å². The molecule has 0 radical (unpaired) electrons. The van der Waals surface area contributed by atoms with Crippen molar-refractivity contribution < 1.29 is 14.0 Å². The van der Waals surface area contributed by atoms with Crippen molar-refractivity contribution in [2.45, 2.75) is 59.0 Å². The molecule has 1 aromatic heterocycles. The van der Waals surface area contributed by atoms with Crippen molar-refractivity contribution >= 4 is 23.2 Å². The van der Waals surface area contributed by atoms with Gasteiger partial charge in [0.1, 0.15) is 12.4 Å². The second-order valence-corrected chi connectivity index (χ2v) is 9.47. The summed E-state index contributed by atoms with van der Waals surface area (Å²) in [6.07, 6.45) is 2.04. The number of benzene rings is 1. The maximum atomic E-state index is 13.5. The molecule has 3 rings (SSSR count). The lowest BCUT2D eigenvalue weighted by molar-refractivity contribution is -0.144. The number of amides is 2. The Balaban J connectivity index is 1.88. The van der Waals surface area contributed by atoms with E-state index in [1.54, 1.807) is 28.4 Å². The minimum Gasteiger partial charge on any atom is -0.331 e. The van der Waals surface area contributed by atoms with E-state index in [1.165, 1.54) is 17.0 Å². The molecule has 2 unspecified atom stereocenters. The normalized spacial score (nSPS) is 17.0. The lowest BCUT2D eigenvalue weighted by atomic mass is 9.93. The van der Waals surface area contributed by atoms with Crippen LogP contribution in [0.1, 0.15) is 62.6 Å². The van der Waals surface area contributed by atoms with Gasteiger partial charge in [0.2, 0.25) is 11.8 Å². The Kier molecular flexibility index (Phi) is 7.29. The average Bonchev–Trinajstić information content (AvgIpc) is 3.19. The highest BCUT2D eigenvalue weighted by atomic mass is 32.1. The molecule has 2 amide bonds. The number of hydrogen-bond donors (Lipinski definition) is 0. The molecule has 2 aromatic rings. The predicted octanol–water partition coefficient (Wildman–Crippen LogP) is 5.03. The largest absolute Gasteiger partial charge is 0.331 e. The molecular formula is C24H31FN2O2S. The fourth-order valence-electron chi connectivity index (χ4n) is 4.00. The number of nitrogens with zero attached hydrogens (tertiary/aromatic N) is 2. The number of thiophene rings is 1. The van der Waals surface area contributed by atoms with Crippen LogP contribution in [0.2, 0.25) is 0 Å². The molecule has 0 saturated heterocycles. The first-order chi connectivity index (χ1) is 14.3. The molecule has 1 aromatic carbocycles. The van der Waals surface area contributed by atoms with Gasteiger partial charge in [-0.2, -0.15) is 0 Å². The van der Waals surface area contributed by atoms with E-state index >= 15 is 0 Å². The van der Waals surface area contributed by atoms with Crippen molar-refractivity contribution in [1.29, 1.82) is 0 Å². The Morgan fingerprint density at radius 2 is 1.90 bits per heavy atom. The molecule has 0 aliphatic carbocycles. The summed E-state index contributed by atoms with van der Waals surface area (Å²) >= 11 is 1.70. The van der Waals surface area contributed by atoms with Crippen LogP contribution in [-0.2, 0) is 16.0 Å². The number of carbonyl (C=O) groups is 2. The smallest absolute Gasteiger partial charge is 0.243 e. The number of carbonyl (C=O) groups excluding carboxylic acids is 2. The van der Waals surface area contributed by atoms with Crippen LogP contribution in [0.3, 0.4) is 0 Å². The Bertz CT molecular complexity index is 878. The third-order valence-corrected chi connectivity index (χ3v) is 6.80. The zero-order chi connectivity index (χ0) is 21.8. The van der Waals surface area contributed by atoms with Crippen LogP contribution in [-0.4, -0.2) is 40.7 Å². The highest BCUT2D eigenvalue weighted by molar-refractivity contribution is 7.10. The van der Waals surface area contributed by atoms with E-state index in [1.807, 2.05) is 38.0 Å². The Hall–Kier alpha value is -2.21. The maximum absolute atomic E-state index is 13.5. The second-order valence-electron chi connectivity index (χ2n) is 8.47. The van der Waals surface area contributed by atoms with Crippen molar-refractivity contribution in [2.24, 2.45) is 5.92 Å². The summed E-state index contributed by atoms with van der Waals surface area (Å²) in [4.78, 5) is 31.2. The second kappa shape index (κ2) is 9.73. The van der Waals surface area contributed by atoms with E-state index in [4.69, 9.17) is 0 Å². The van der Waals surface area contributed by atoms with Crippen molar-refractivity contribution in [3.63, 3.8) is 0 Å². The predicted molar refractivity (Wildman–Crippen MR) is 119 cm³/mol. The summed E-state index contributed by atoms with van der Waals surface area (Å²) in [6.45, 7) is 8.74. The van der Waals surface area contributed by atoms with Gasteiger partial charge in [-0.15, -0.1) is 11.3 Å². The first-order valence-corrected chi connectivity index (χ1v) is 11.6. The molecule has 2 heterocycles. The van der Waals surface area contributed by atoms with Crippen LogP contribution in [0, 0.1) is 11.7 Å². The van der Waals surface area contributed by atoms with E-state index in [0.29, 0.717) is 13.0 Å². The van der Waals surface area contributed by atoms with Crippen molar-refractivity contribution in [2.75, 3.05) is 13.1 Å². The molecule has 30 heavy (non-hydrogen) atoms. The SMILES string of the molecule is CCC(C)N(CC(=O)N1CCc2sccc2C1c1ccc(F)cc1)C(=O)CC(C)C. The first-order valence-electron chi connectivity index (χ1n) is 10.7. The molecule has 162 valence electrons. The summed E-state index contributed by atoms with van der Waals surface area (Å²) < 4.78 is 13.5. The van der Waals surface area contributed by atoms with E-state index in [0.717, 1.165) is 24.0 Å². The molecule has 0 saturated carbocycles. The molecular weight excluding hydrogens is 399 g/mol. The zero-order valence-corrected chi connectivity index (χ0v) is 19.0. The van der Waals surface area contributed by atoms with Gasteiger partial charge < -0.3 is 9.80 Å². The van der Waals surface area contributed by atoms with Gasteiger partial charge >= 0.3 is 0 Å². The third-order valence-electron chi connectivity index (χ3n) is 5.80. The third kappa shape index (κ3) is 4.91. The van der Waals surface area contributed by atoms with Crippen LogP contribution in [0.25, 0.3) is 0 Å². The molecule has 4 nitrogen and oxygen atoms in total. The molecule has 0 N–H and O–H groups in total. The summed E-state index contributed by atoms with van der Waals surface area (Å²) in [5, 5.41) is 2.05. The van der Waals surface area contributed by atoms with Crippen molar-refractivity contribution in [1.82, 2.24) is 9.80 Å². The monoisotopic (exact) mass is 430 g/mol. The summed E-state index contributed by atoms with van der Waals surface area (Å²) in [7, 11) is 0. The highest BCUT2D eigenvalue weighted by Gasteiger charge is 2.34. The molecule has 2 atom stereocenters. The van der Waals surface area contributed by atoms with Gasteiger partial charge in [-0.3, -0.25) is 9.59 Å². The molecule has 6 heteroatoms. The molecule has 0 bridgehead atoms. The van der Waals surface area contributed by atoms with E-state index < -0.39 is 0 Å². The number of hydrogen-bond acceptors (Lipinski definition) is 3. The Labute approximate surface area is 182 Å². The van der Waals surface area contributed by atoms with E-state index in [9.17, 15) is 14.0 Å². The minimum atomic E-state index is -0.291. The first kappa shape index (κ1) is 22.5. The van der Waals surface area contributed by atoms with Crippen LogP contribution >= 0.6 is 11.3 Å². The summed E-state index contributed by atoms with van der Waals surface area (Å²) in [5.41, 5.74) is 2.00. The minimum absolute atomic E-state index is 0.00553. The van der Waals surface area contributed by atoms with Crippen molar-refractivity contribution in [3.8, 4) is 0 Å². The Morgan fingerprint density at radius 3 is 2.53 bits per heavy atom.